The number of hydrogen-bond donors (Lipinski definition) is 1. The van der Waals surface area contributed by atoms with E-state index in [9.17, 15) is 4.79 Å². The highest BCUT2D eigenvalue weighted by Crippen LogP contribution is 2.51. The maximum Gasteiger partial charge on any atom is 0.337 e. The van der Waals surface area contributed by atoms with Gasteiger partial charge in [-0.1, -0.05) is 25.3 Å². The van der Waals surface area contributed by atoms with E-state index in [-0.39, 0.29) is 12.0 Å². The normalized spacial score (nSPS) is 23.5. The molecule has 0 amide bonds. The van der Waals surface area contributed by atoms with E-state index in [1.807, 2.05) is 24.5 Å². The minimum atomic E-state index is -0.291. The van der Waals surface area contributed by atoms with Gasteiger partial charge in [0.2, 0.25) is 0 Å². The lowest BCUT2D eigenvalue weighted by atomic mass is 9.73. The predicted octanol–water partition coefficient (Wildman–Crippen LogP) is 4.90. The zero-order chi connectivity index (χ0) is 16.5. The minimum absolute atomic E-state index is 0.217. The van der Waals surface area contributed by atoms with Crippen molar-refractivity contribution in [3.63, 3.8) is 0 Å². The van der Waals surface area contributed by atoms with Crippen molar-refractivity contribution < 1.29 is 13.9 Å². The number of esters is 1. The Labute approximate surface area is 142 Å². The first-order valence-electron chi connectivity index (χ1n) is 8.79. The molecule has 1 aliphatic heterocycles. The van der Waals surface area contributed by atoms with E-state index in [4.69, 9.17) is 9.15 Å². The Hall–Kier alpha value is -2.23. The second-order valence-electron chi connectivity index (χ2n) is 6.90. The van der Waals surface area contributed by atoms with Crippen LogP contribution in [0, 0.1) is 5.92 Å². The zero-order valence-electron chi connectivity index (χ0n) is 14.0. The van der Waals surface area contributed by atoms with E-state index >= 15 is 0 Å². The molecule has 2 aromatic rings. The number of methoxy groups -OCH3 is 1. The van der Waals surface area contributed by atoms with Crippen LogP contribution in [0.5, 0.6) is 0 Å². The van der Waals surface area contributed by atoms with Gasteiger partial charge < -0.3 is 14.5 Å². The Morgan fingerprint density at radius 3 is 2.75 bits per heavy atom. The third-order valence-corrected chi connectivity index (χ3v) is 5.56. The lowest BCUT2D eigenvalue weighted by molar-refractivity contribution is 0.0601. The average molecular weight is 325 g/mol. The monoisotopic (exact) mass is 325 g/mol. The molecule has 4 heteroatoms. The summed E-state index contributed by atoms with van der Waals surface area (Å²) in [6.45, 7) is 0. The fraction of sp³-hybridized carbons (Fsp3) is 0.450. The predicted molar refractivity (Wildman–Crippen MR) is 92.2 cm³/mol. The van der Waals surface area contributed by atoms with Gasteiger partial charge in [0.25, 0.3) is 0 Å². The van der Waals surface area contributed by atoms with E-state index in [1.54, 1.807) is 6.26 Å². The van der Waals surface area contributed by atoms with Crippen molar-refractivity contribution in [1.82, 2.24) is 0 Å². The number of carbonyl (C=O) groups excluding carboxylic acids is 1. The van der Waals surface area contributed by atoms with Crippen molar-refractivity contribution in [1.29, 1.82) is 0 Å². The Balaban J connectivity index is 1.72. The molecule has 2 atom stereocenters. The van der Waals surface area contributed by atoms with Crippen LogP contribution in [-0.2, 0) is 4.74 Å². The van der Waals surface area contributed by atoms with Crippen molar-refractivity contribution in [2.24, 2.45) is 5.92 Å². The topological polar surface area (TPSA) is 51.5 Å². The number of fused-ring (bicyclic) bond motifs is 1. The molecule has 1 aromatic carbocycles. The zero-order valence-corrected chi connectivity index (χ0v) is 14.0. The summed E-state index contributed by atoms with van der Waals surface area (Å²) in [5.74, 6) is 0.821. The van der Waals surface area contributed by atoms with Gasteiger partial charge >= 0.3 is 5.97 Å². The summed E-state index contributed by atoms with van der Waals surface area (Å²) in [5, 5.41) is 3.64. The van der Waals surface area contributed by atoms with Crippen molar-refractivity contribution >= 4 is 11.7 Å². The van der Waals surface area contributed by atoms with E-state index < -0.39 is 0 Å². The highest BCUT2D eigenvalue weighted by atomic mass is 16.5. The van der Waals surface area contributed by atoms with Crippen LogP contribution in [0.15, 0.2) is 41.2 Å². The summed E-state index contributed by atoms with van der Waals surface area (Å²) in [5.41, 5.74) is 4.15. The smallest absolute Gasteiger partial charge is 0.337 e. The summed E-state index contributed by atoms with van der Waals surface area (Å²) in [7, 11) is 1.42. The largest absolute Gasteiger partial charge is 0.472 e. The molecule has 1 N–H and O–H groups in total. The lowest BCUT2D eigenvalue weighted by Gasteiger charge is -2.31. The van der Waals surface area contributed by atoms with Crippen LogP contribution in [0.3, 0.4) is 0 Å². The van der Waals surface area contributed by atoms with Crippen molar-refractivity contribution in [2.45, 2.75) is 44.1 Å². The van der Waals surface area contributed by atoms with Crippen molar-refractivity contribution in [3.8, 4) is 0 Å². The van der Waals surface area contributed by atoms with Crippen molar-refractivity contribution in [2.75, 3.05) is 12.4 Å². The first-order valence-corrected chi connectivity index (χ1v) is 8.79. The molecule has 0 saturated heterocycles. The van der Waals surface area contributed by atoms with Crippen LogP contribution >= 0.6 is 0 Å². The van der Waals surface area contributed by atoms with Crippen LogP contribution in [0.2, 0.25) is 0 Å². The second-order valence-corrected chi connectivity index (χ2v) is 6.90. The number of furan rings is 1. The summed E-state index contributed by atoms with van der Waals surface area (Å²) in [6, 6.07) is 8.18. The standard InChI is InChI=1S/C20H23NO3/c1-23-20(22)14-7-8-16-17(11-14)21-19(15-9-10-24-12-15)18(16)13-5-3-2-4-6-13/h7-13,18-19,21H,2-6H2,1H3. The lowest BCUT2D eigenvalue weighted by Crippen LogP contribution is -2.21. The number of anilines is 1. The molecule has 2 aliphatic rings. The number of carbonyl (C=O) groups is 1. The van der Waals surface area contributed by atoms with Crippen LogP contribution in [0.1, 0.15) is 65.5 Å². The number of hydrogen-bond acceptors (Lipinski definition) is 4. The third-order valence-electron chi connectivity index (χ3n) is 5.56. The van der Waals surface area contributed by atoms with Gasteiger partial charge in [0, 0.05) is 17.2 Å². The van der Waals surface area contributed by atoms with Gasteiger partial charge in [-0.3, -0.25) is 0 Å². The summed E-state index contributed by atoms with van der Waals surface area (Å²) in [4.78, 5) is 11.8. The third kappa shape index (κ3) is 2.60. The molecule has 126 valence electrons. The minimum Gasteiger partial charge on any atom is -0.472 e. The molecule has 1 fully saturated rings. The molecule has 0 bridgehead atoms. The van der Waals surface area contributed by atoms with Gasteiger partial charge in [-0.2, -0.15) is 0 Å². The second kappa shape index (κ2) is 6.34. The Kier molecular flexibility index (Phi) is 4.05. The van der Waals surface area contributed by atoms with Gasteiger partial charge in [0.05, 0.1) is 31.2 Å². The first-order chi connectivity index (χ1) is 11.8. The van der Waals surface area contributed by atoms with Gasteiger partial charge in [-0.15, -0.1) is 0 Å². The summed E-state index contributed by atoms with van der Waals surface area (Å²) in [6.07, 6.45) is 10.1. The number of ether oxygens (including phenoxy) is 1. The van der Waals surface area contributed by atoms with Crippen LogP contribution in [0.25, 0.3) is 0 Å². The average Bonchev–Trinajstić information content (AvgIpc) is 3.28. The molecule has 1 aromatic heterocycles. The molecule has 24 heavy (non-hydrogen) atoms. The fourth-order valence-electron chi connectivity index (χ4n) is 4.42. The van der Waals surface area contributed by atoms with E-state index in [2.05, 4.69) is 11.4 Å². The molecular formula is C20H23NO3. The molecule has 2 heterocycles. The molecule has 2 unspecified atom stereocenters. The Morgan fingerprint density at radius 1 is 1.21 bits per heavy atom. The molecule has 0 radical (unpaired) electrons. The number of benzene rings is 1. The molecular weight excluding hydrogens is 302 g/mol. The number of rotatable bonds is 3. The SMILES string of the molecule is COC(=O)c1ccc2c(c1)NC(c1ccoc1)C2C1CCCCC1. The molecule has 1 saturated carbocycles. The van der Waals surface area contributed by atoms with Gasteiger partial charge in [0.1, 0.15) is 0 Å². The molecule has 1 aliphatic carbocycles. The van der Waals surface area contributed by atoms with E-state index in [1.165, 1.54) is 50.3 Å². The summed E-state index contributed by atoms with van der Waals surface area (Å²) >= 11 is 0. The van der Waals surface area contributed by atoms with Crippen LogP contribution in [0.4, 0.5) is 5.69 Å². The highest BCUT2D eigenvalue weighted by Gasteiger charge is 2.39. The maximum atomic E-state index is 11.8. The van der Waals surface area contributed by atoms with E-state index in [0.717, 1.165) is 5.69 Å². The molecule has 4 rings (SSSR count). The van der Waals surface area contributed by atoms with Crippen molar-refractivity contribution in [3.05, 3.63) is 53.5 Å². The van der Waals surface area contributed by atoms with Gasteiger partial charge in [-0.05, 0) is 42.5 Å². The van der Waals surface area contributed by atoms with Crippen LogP contribution < -0.4 is 5.32 Å². The summed E-state index contributed by atoms with van der Waals surface area (Å²) < 4.78 is 10.2. The fourth-order valence-corrected chi connectivity index (χ4v) is 4.42. The van der Waals surface area contributed by atoms with Crippen LogP contribution in [-0.4, -0.2) is 13.1 Å². The molecule has 4 nitrogen and oxygen atoms in total. The number of nitrogens with one attached hydrogen (secondary N) is 1. The van der Waals surface area contributed by atoms with Gasteiger partial charge in [0.15, 0.2) is 0 Å². The highest BCUT2D eigenvalue weighted by molar-refractivity contribution is 5.91. The van der Waals surface area contributed by atoms with E-state index in [0.29, 0.717) is 17.4 Å². The quantitative estimate of drug-likeness (QED) is 0.816. The molecule has 0 spiro atoms. The maximum absolute atomic E-state index is 11.8. The Morgan fingerprint density at radius 2 is 2.04 bits per heavy atom. The first kappa shape index (κ1) is 15.3. The Bertz CT molecular complexity index is 716. The van der Waals surface area contributed by atoms with Gasteiger partial charge in [-0.25, -0.2) is 4.79 Å².